The number of benzene rings is 1. The van der Waals surface area contributed by atoms with Gasteiger partial charge in [-0.1, -0.05) is 31.2 Å². The van der Waals surface area contributed by atoms with Gasteiger partial charge in [-0.3, -0.25) is 14.5 Å². The van der Waals surface area contributed by atoms with E-state index in [-0.39, 0.29) is 11.5 Å². The Kier molecular flexibility index (Phi) is 7.37. The molecule has 1 amide bonds. The molecule has 1 aromatic carbocycles. The van der Waals surface area contributed by atoms with Gasteiger partial charge in [-0.2, -0.15) is 0 Å². The molecule has 0 fully saturated rings. The van der Waals surface area contributed by atoms with Crippen molar-refractivity contribution in [3.05, 3.63) is 62.0 Å². The average molecular weight is 497 g/mol. The summed E-state index contributed by atoms with van der Waals surface area (Å²) < 4.78 is 0. The second-order valence-corrected chi connectivity index (χ2v) is 11.3. The van der Waals surface area contributed by atoms with E-state index in [1.54, 1.807) is 11.3 Å². The zero-order valence-electron chi connectivity index (χ0n) is 19.7. The minimum Gasteiger partial charge on any atom is -0.354 e. The van der Waals surface area contributed by atoms with Gasteiger partial charge in [0.15, 0.2) is 0 Å². The number of nitrogens with zero attached hydrogens (tertiary/aromatic N) is 2. The fourth-order valence-corrected chi connectivity index (χ4v) is 7.16. The number of hydrogen-bond acceptors (Lipinski definition) is 6. The number of thioether (sulfide) groups is 1. The van der Waals surface area contributed by atoms with Gasteiger partial charge in [-0.15, -0.1) is 23.1 Å². The first kappa shape index (κ1) is 23.6. The first-order chi connectivity index (χ1) is 16.6. The minimum atomic E-state index is -0.0293. The van der Waals surface area contributed by atoms with Crippen molar-refractivity contribution in [2.24, 2.45) is 0 Å². The number of amides is 1. The summed E-state index contributed by atoms with van der Waals surface area (Å²) in [4.78, 5) is 37.5. The summed E-state index contributed by atoms with van der Waals surface area (Å²) in [6.45, 7) is 4.84. The van der Waals surface area contributed by atoms with Crippen LogP contribution in [0.4, 0.5) is 0 Å². The lowest BCUT2D eigenvalue weighted by Gasteiger charge is -2.35. The van der Waals surface area contributed by atoms with Crippen molar-refractivity contribution in [2.45, 2.75) is 63.8 Å². The van der Waals surface area contributed by atoms with E-state index in [9.17, 15) is 9.59 Å². The topological polar surface area (TPSA) is 78.1 Å². The Balaban J connectivity index is 1.12. The largest absolute Gasteiger partial charge is 0.354 e. The number of aromatic nitrogens is 2. The van der Waals surface area contributed by atoms with Gasteiger partial charge < -0.3 is 10.3 Å². The number of thiophene rings is 1. The number of aromatic amines is 1. The van der Waals surface area contributed by atoms with E-state index < -0.39 is 0 Å². The molecule has 2 N–H and O–H groups in total. The highest BCUT2D eigenvalue weighted by Crippen LogP contribution is 2.33. The zero-order chi connectivity index (χ0) is 23.5. The van der Waals surface area contributed by atoms with Gasteiger partial charge in [0.2, 0.25) is 5.91 Å². The second kappa shape index (κ2) is 10.6. The molecular formula is C26H32N4O2S2. The summed E-state index contributed by atoms with van der Waals surface area (Å²) in [6.07, 6.45) is 6.46. The van der Waals surface area contributed by atoms with Gasteiger partial charge in [0.25, 0.3) is 5.56 Å². The average Bonchev–Trinajstić information content (AvgIpc) is 3.23. The highest BCUT2D eigenvalue weighted by Gasteiger charge is 2.23. The number of fused-ring (bicyclic) bond motifs is 4. The molecule has 3 heterocycles. The fourth-order valence-electron chi connectivity index (χ4n) is 5.16. The monoisotopic (exact) mass is 496 g/mol. The van der Waals surface area contributed by atoms with Gasteiger partial charge >= 0.3 is 0 Å². The Labute approximate surface area is 208 Å². The predicted octanol–water partition coefficient (Wildman–Crippen LogP) is 4.05. The van der Waals surface area contributed by atoms with Crippen LogP contribution in [-0.2, 0) is 36.4 Å². The molecule has 1 unspecified atom stereocenters. The van der Waals surface area contributed by atoms with E-state index >= 15 is 0 Å². The normalized spacial score (nSPS) is 16.7. The number of aryl methyl sites for hydroxylation is 2. The molecule has 180 valence electrons. The van der Waals surface area contributed by atoms with Crippen LogP contribution in [0.5, 0.6) is 0 Å². The number of H-pyrrole nitrogens is 1. The molecule has 8 heteroatoms. The number of rotatable bonds is 8. The highest BCUT2D eigenvalue weighted by molar-refractivity contribution is 7.99. The van der Waals surface area contributed by atoms with Crippen LogP contribution < -0.4 is 10.9 Å². The SMILES string of the molecule is CCC(CNC(=O)CSCc1nc2sc3c(c2c(=O)[nH]1)CCCC3)N1CCc2ccccc2C1. The minimum absolute atomic E-state index is 0.0293. The molecule has 0 bridgehead atoms. The van der Waals surface area contributed by atoms with Crippen LogP contribution in [-0.4, -0.2) is 45.7 Å². The Bertz CT molecular complexity index is 1240. The van der Waals surface area contributed by atoms with Crippen LogP contribution in [0.15, 0.2) is 29.1 Å². The van der Waals surface area contributed by atoms with Crippen molar-refractivity contribution in [1.29, 1.82) is 0 Å². The fraction of sp³-hybridized carbons (Fsp3) is 0.500. The first-order valence-electron chi connectivity index (χ1n) is 12.3. The van der Waals surface area contributed by atoms with E-state index in [1.807, 2.05) is 0 Å². The van der Waals surface area contributed by atoms with Crippen LogP contribution in [0.1, 0.15) is 53.6 Å². The molecule has 0 saturated carbocycles. The lowest BCUT2D eigenvalue weighted by atomic mass is 9.97. The van der Waals surface area contributed by atoms with E-state index in [4.69, 9.17) is 4.98 Å². The van der Waals surface area contributed by atoms with Crippen LogP contribution >= 0.6 is 23.1 Å². The molecule has 2 aliphatic rings. The summed E-state index contributed by atoms with van der Waals surface area (Å²) in [5.74, 6) is 1.59. The number of carbonyl (C=O) groups excluding carboxylic acids is 1. The van der Waals surface area contributed by atoms with Crippen LogP contribution in [0, 0.1) is 0 Å². The van der Waals surface area contributed by atoms with E-state index in [2.05, 4.69) is 46.4 Å². The third-order valence-corrected chi connectivity index (χ3v) is 9.16. The summed E-state index contributed by atoms with van der Waals surface area (Å²) in [5.41, 5.74) is 4.03. The highest BCUT2D eigenvalue weighted by atomic mass is 32.2. The van der Waals surface area contributed by atoms with E-state index in [0.717, 1.165) is 55.4 Å². The number of hydrogen-bond donors (Lipinski definition) is 2. The number of carbonyl (C=O) groups is 1. The van der Waals surface area contributed by atoms with Crippen molar-refractivity contribution >= 4 is 39.2 Å². The molecule has 6 nitrogen and oxygen atoms in total. The number of nitrogens with one attached hydrogen (secondary N) is 2. The molecular weight excluding hydrogens is 464 g/mol. The van der Waals surface area contributed by atoms with Crippen molar-refractivity contribution in [1.82, 2.24) is 20.2 Å². The maximum atomic E-state index is 12.7. The maximum absolute atomic E-state index is 12.7. The molecule has 0 spiro atoms. The zero-order valence-corrected chi connectivity index (χ0v) is 21.3. The molecule has 34 heavy (non-hydrogen) atoms. The maximum Gasteiger partial charge on any atom is 0.259 e. The third-order valence-electron chi connectivity index (χ3n) is 7.03. The molecule has 1 aliphatic carbocycles. The van der Waals surface area contributed by atoms with Crippen molar-refractivity contribution in [2.75, 3.05) is 18.8 Å². The van der Waals surface area contributed by atoms with Crippen LogP contribution in [0.3, 0.4) is 0 Å². The van der Waals surface area contributed by atoms with Crippen molar-refractivity contribution in [3.63, 3.8) is 0 Å². The quantitative estimate of drug-likeness (QED) is 0.492. The molecule has 1 aliphatic heterocycles. The molecule has 2 aromatic heterocycles. The molecule has 3 aromatic rings. The van der Waals surface area contributed by atoms with Gasteiger partial charge in [-0.05, 0) is 55.2 Å². The lowest BCUT2D eigenvalue weighted by molar-refractivity contribution is -0.118. The molecule has 1 atom stereocenters. The molecule has 0 saturated heterocycles. The van der Waals surface area contributed by atoms with Crippen molar-refractivity contribution in [3.8, 4) is 0 Å². The summed E-state index contributed by atoms with van der Waals surface area (Å²) >= 11 is 3.17. The van der Waals surface area contributed by atoms with Gasteiger partial charge in [0, 0.05) is 30.6 Å². The Morgan fingerprint density at radius 2 is 2.06 bits per heavy atom. The first-order valence-corrected chi connectivity index (χ1v) is 14.3. The summed E-state index contributed by atoms with van der Waals surface area (Å²) in [6, 6.07) is 8.99. The van der Waals surface area contributed by atoms with Crippen LogP contribution in [0.25, 0.3) is 10.2 Å². The second-order valence-electron chi connectivity index (χ2n) is 9.25. The Morgan fingerprint density at radius 3 is 2.91 bits per heavy atom. The standard InChI is InChI=1S/C26H32N4O2S2/c1-2-19(30-12-11-17-7-3-4-8-18(17)14-30)13-27-23(31)16-33-15-22-28-25(32)24-20-9-5-6-10-21(20)34-26(24)29-22/h3-4,7-8,19H,2,5-6,9-16H2,1H3,(H,27,31)(H,28,29,32). The predicted molar refractivity (Wildman–Crippen MR) is 141 cm³/mol. The smallest absolute Gasteiger partial charge is 0.259 e. The summed E-state index contributed by atoms with van der Waals surface area (Å²) in [5, 5.41) is 3.91. The molecule has 0 radical (unpaired) electrons. The lowest BCUT2D eigenvalue weighted by Crippen LogP contribution is -2.46. The van der Waals surface area contributed by atoms with E-state index in [1.165, 1.54) is 39.8 Å². The summed E-state index contributed by atoms with van der Waals surface area (Å²) in [7, 11) is 0. The van der Waals surface area contributed by atoms with E-state index in [0.29, 0.717) is 29.9 Å². The Morgan fingerprint density at radius 1 is 1.24 bits per heavy atom. The van der Waals surface area contributed by atoms with Gasteiger partial charge in [-0.25, -0.2) is 4.98 Å². The van der Waals surface area contributed by atoms with Gasteiger partial charge in [0.1, 0.15) is 10.7 Å². The third kappa shape index (κ3) is 5.09. The van der Waals surface area contributed by atoms with Crippen molar-refractivity contribution < 1.29 is 4.79 Å². The molecule has 5 rings (SSSR count). The van der Waals surface area contributed by atoms with Gasteiger partial charge in [0.05, 0.1) is 16.9 Å². The van der Waals surface area contributed by atoms with Crippen LogP contribution in [0.2, 0.25) is 0 Å². The Hall–Kier alpha value is -2.16.